The van der Waals surface area contributed by atoms with E-state index in [1.807, 2.05) is 13.0 Å². The minimum atomic E-state index is -0.0337. The zero-order chi connectivity index (χ0) is 13.2. The summed E-state index contributed by atoms with van der Waals surface area (Å²) in [5.74, 6) is 0.780. The molecule has 4 nitrogen and oxygen atoms in total. The molecule has 1 amide bonds. The van der Waals surface area contributed by atoms with Crippen LogP contribution in [-0.4, -0.2) is 23.0 Å². The molecule has 118 valence electrons. The van der Waals surface area contributed by atoms with Gasteiger partial charge in [-0.3, -0.25) is 9.78 Å². The van der Waals surface area contributed by atoms with Gasteiger partial charge in [0.25, 0.3) is 0 Å². The Morgan fingerprint density at radius 3 is 2.76 bits per heavy atom. The van der Waals surface area contributed by atoms with Crippen molar-refractivity contribution in [1.29, 1.82) is 0 Å². The third-order valence-electron chi connectivity index (χ3n) is 4.32. The normalized spacial score (nSPS) is 27.0. The maximum Gasteiger partial charge on any atom is 0.241 e. The van der Waals surface area contributed by atoms with E-state index in [1.165, 1.54) is 25.7 Å². The summed E-state index contributed by atoms with van der Waals surface area (Å²) >= 11 is 0. The molecule has 2 fully saturated rings. The van der Waals surface area contributed by atoms with Gasteiger partial charge in [0.1, 0.15) is 0 Å². The Balaban J connectivity index is 0.00000110. The van der Waals surface area contributed by atoms with E-state index >= 15 is 0 Å². The maximum atomic E-state index is 12.3. The zero-order valence-corrected chi connectivity index (χ0v) is 13.8. The molecule has 3 atom stereocenters. The van der Waals surface area contributed by atoms with Gasteiger partial charge >= 0.3 is 0 Å². The Bertz CT molecular complexity index is 470. The summed E-state index contributed by atoms with van der Waals surface area (Å²) in [5.41, 5.74) is 1.85. The van der Waals surface area contributed by atoms with Crippen LogP contribution in [0.15, 0.2) is 18.5 Å². The van der Waals surface area contributed by atoms with Gasteiger partial charge in [0.2, 0.25) is 5.91 Å². The third kappa shape index (κ3) is 4.31. The Kier molecular flexibility index (Phi) is 6.91. The van der Waals surface area contributed by atoms with Crippen LogP contribution in [0.25, 0.3) is 0 Å². The van der Waals surface area contributed by atoms with Crippen molar-refractivity contribution in [3.8, 4) is 0 Å². The second-order valence-electron chi connectivity index (χ2n) is 5.85. The summed E-state index contributed by atoms with van der Waals surface area (Å²) in [6.07, 6.45) is 9.58. The van der Waals surface area contributed by atoms with Gasteiger partial charge in [0, 0.05) is 12.2 Å². The molecule has 1 saturated heterocycles. The van der Waals surface area contributed by atoms with Crippen molar-refractivity contribution < 1.29 is 4.79 Å². The number of aromatic nitrogens is 1. The molecule has 6 heteroatoms. The fourth-order valence-electron chi connectivity index (χ4n) is 3.37. The molecule has 0 bridgehead atoms. The van der Waals surface area contributed by atoms with E-state index in [0.29, 0.717) is 12.0 Å². The van der Waals surface area contributed by atoms with Gasteiger partial charge in [-0.25, -0.2) is 0 Å². The van der Waals surface area contributed by atoms with E-state index in [1.54, 1.807) is 12.4 Å². The second kappa shape index (κ2) is 7.97. The first kappa shape index (κ1) is 18.2. The van der Waals surface area contributed by atoms with Gasteiger partial charge in [-0.05, 0) is 43.7 Å². The first-order valence-electron chi connectivity index (χ1n) is 7.21. The predicted molar refractivity (Wildman–Crippen MR) is 89.4 cm³/mol. The highest BCUT2D eigenvalue weighted by Gasteiger charge is 2.38. The predicted octanol–water partition coefficient (Wildman–Crippen LogP) is 3.09. The van der Waals surface area contributed by atoms with Crippen LogP contribution in [0, 0.1) is 12.8 Å². The minimum absolute atomic E-state index is 0. The zero-order valence-electron chi connectivity index (χ0n) is 12.2. The molecule has 3 unspecified atom stereocenters. The van der Waals surface area contributed by atoms with Crippen LogP contribution in [-0.2, 0) is 4.79 Å². The Morgan fingerprint density at radius 1 is 1.29 bits per heavy atom. The van der Waals surface area contributed by atoms with Crippen LogP contribution < -0.4 is 10.6 Å². The number of carbonyl (C=O) groups is 1. The van der Waals surface area contributed by atoms with E-state index in [4.69, 9.17) is 0 Å². The van der Waals surface area contributed by atoms with Gasteiger partial charge < -0.3 is 10.6 Å². The van der Waals surface area contributed by atoms with Crippen LogP contribution in [0.1, 0.15) is 37.7 Å². The standard InChI is InChI=1S/C15H21N3O.2ClH/c1-10-6-12(9-16-8-10)17-15(19)14-7-11-4-2-3-5-13(11)18-14;;/h6,8-9,11,13-14,18H,2-5,7H2,1H3,(H,17,19);2*1H. The molecule has 1 aromatic rings. The summed E-state index contributed by atoms with van der Waals surface area (Å²) < 4.78 is 0. The lowest BCUT2D eigenvalue weighted by atomic mass is 9.85. The van der Waals surface area contributed by atoms with Gasteiger partial charge in [0.15, 0.2) is 0 Å². The van der Waals surface area contributed by atoms with Gasteiger partial charge in [-0.2, -0.15) is 0 Å². The quantitative estimate of drug-likeness (QED) is 0.875. The molecule has 1 saturated carbocycles. The minimum Gasteiger partial charge on any atom is -0.323 e. The molecule has 2 N–H and O–H groups in total. The summed E-state index contributed by atoms with van der Waals surface area (Å²) in [4.78, 5) is 16.4. The number of carbonyl (C=O) groups excluding carboxylic acids is 1. The molecule has 1 aliphatic heterocycles. The fourth-order valence-corrected chi connectivity index (χ4v) is 3.37. The fraction of sp³-hybridized carbons (Fsp3) is 0.600. The SMILES string of the molecule is Cc1cncc(NC(=O)C2CC3CCCCC3N2)c1.Cl.Cl. The number of rotatable bonds is 2. The molecule has 0 radical (unpaired) electrons. The van der Waals surface area contributed by atoms with E-state index in [0.717, 1.165) is 17.7 Å². The Morgan fingerprint density at radius 2 is 2.05 bits per heavy atom. The molecule has 21 heavy (non-hydrogen) atoms. The van der Waals surface area contributed by atoms with Crippen molar-refractivity contribution in [3.63, 3.8) is 0 Å². The molecular formula is C15H23Cl2N3O. The molecule has 1 aromatic heterocycles. The highest BCUT2D eigenvalue weighted by Crippen LogP contribution is 2.33. The smallest absolute Gasteiger partial charge is 0.241 e. The lowest BCUT2D eigenvalue weighted by molar-refractivity contribution is -0.117. The highest BCUT2D eigenvalue weighted by molar-refractivity contribution is 5.95. The lowest BCUT2D eigenvalue weighted by Crippen LogP contribution is -2.39. The topological polar surface area (TPSA) is 54.0 Å². The van der Waals surface area contributed by atoms with Gasteiger partial charge in [0.05, 0.1) is 17.9 Å². The molecule has 1 aliphatic carbocycles. The first-order chi connectivity index (χ1) is 9.22. The number of hydrogen-bond acceptors (Lipinski definition) is 3. The van der Waals surface area contributed by atoms with Crippen LogP contribution in [0.2, 0.25) is 0 Å². The van der Waals surface area contributed by atoms with Gasteiger partial charge in [-0.1, -0.05) is 12.8 Å². The van der Waals surface area contributed by atoms with Crippen molar-refractivity contribution in [3.05, 3.63) is 24.0 Å². The molecule has 2 heterocycles. The van der Waals surface area contributed by atoms with Crippen molar-refractivity contribution in [2.75, 3.05) is 5.32 Å². The first-order valence-corrected chi connectivity index (χ1v) is 7.21. The maximum absolute atomic E-state index is 12.3. The summed E-state index contributed by atoms with van der Waals surface area (Å²) in [7, 11) is 0. The molecule has 0 aromatic carbocycles. The van der Waals surface area contributed by atoms with Crippen molar-refractivity contribution in [1.82, 2.24) is 10.3 Å². The van der Waals surface area contributed by atoms with Crippen molar-refractivity contribution in [2.45, 2.75) is 51.1 Å². The lowest BCUT2D eigenvalue weighted by Gasteiger charge is -2.24. The van der Waals surface area contributed by atoms with E-state index in [2.05, 4.69) is 15.6 Å². The van der Waals surface area contributed by atoms with Crippen molar-refractivity contribution >= 4 is 36.4 Å². The van der Waals surface area contributed by atoms with E-state index < -0.39 is 0 Å². The molecule has 0 spiro atoms. The summed E-state index contributed by atoms with van der Waals surface area (Å²) in [6.45, 7) is 1.98. The number of anilines is 1. The molecule has 2 aliphatic rings. The van der Waals surface area contributed by atoms with Crippen LogP contribution in [0.5, 0.6) is 0 Å². The van der Waals surface area contributed by atoms with E-state index in [9.17, 15) is 4.79 Å². The number of amides is 1. The number of halogens is 2. The molecule has 3 rings (SSSR count). The number of pyridine rings is 1. The number of nitrogens with one attached hydrogen (secondary N) is 2. The van der Waals surface area contributed by atoms with Crippen LogP contribution in [0.3, 0.4) is 0 Å². The average Bonchev–Trinajstić information content (AvgIpc) is 2.82. The number of hydrogen-bond donors (Lipinski definition) is 2. The summed E-state index contributed by atoms with van der Waals surface area (Å²) in [5, 5.41) is 6.47. The van der Waals surface area contributed by atoms with Crippen LogP contribution >= 0.6 is 24.8 Å². The van der Waals surface area contributed by atoms with Crippen LogP contribution in [0.4, 0.5) is 5.69 Å². The third-order valence-corrected chi connectivity index (χ3v) is 4.32. The number of fused-ring (bicyclic) bond motifs is 1. The second-order valence-corrected chi connectivity index (χ2v) is 5.85. The number of nitrogens with zero attached hydrogens (tertiary/aromatic N) is 1. The van der Waals surface area contributed by atoms with E-state index in [-0.39, 0.29) is 36.8 Å². The average molecular weight is 332 g/mol. The highest BCUT2D eigenvalue weighted by atomic mass is 35.5. The monoisotopic (exact) mass is 331 g/mol. The number of aryl methyl sites for hydroxylation is 1. The Hall–Kier alpha value is -0.840. The van der Waals surface area contributed by atoms with Gasteiger partial charge in [-0.15, -0.1) is 24.8 Å². The molecular weight excluding hydrogens is 309 g/mol. The summed E-state index contributed by atoms with van der Waals surface area (Å²) in [6, 6.07) is 2.47. The van der Waals surface area contributed by atoms with Crippen molar-refractivity contribution in [2.24, 2.45) is 5.92 Å². The Labute approximate surface area is 138 Å². The largest absolute Gasteiger partial charge is 0.323 e.